The molecule has 0 aromatic heterocycles. The summed E-state index contributed by atoms with van der Waals surface area (Å²) in [7, 11) is 5.07. The number of methoxy groups -OCH3 is 3. The van der Waals surface area contributed by atoms with E-state index in [9.17, 15) is 0 Å². The third-order valence-electron chi connectivity index (χ3n) is 15.6. The second-order valence-corrected chi connectivity index (χ2v) is 21.6. The lowest BCUT2D eigenvalue weighted by Crippen LogP contribution is -2.35. The SMILES string of the molecule is CCc1ccc(C2=NC(c3ccc(OC)cc3)N(c3ccccc3)C2C)cc1.COc1ccc(C2N=C(c3ccccc3)C(C)N2c2ccc(Br)cc2)cc1.COc1ccc(C2N=C(c3ccccc3)C(C)N2c2ccc(C)cc2)cc1. The van der Waals surface area contributed by atoms with Crippen molar-refractivity contribution in [3.63, 3.8) is 0 Å². The van der Waals surface area contributed by atoms with Gasteiger partial charge in [-0.05, 0) is 158 Å². The van der Waals surface area contributed by atoms with Crippen molar-refractivity contribution in [3.8, 4) is 17.2 Å². The third-order valence-corrected chi connectivity index (χ3v) is 16.1. The molecule has 0 fully saturated rings. The number of hydrogen-bond acceptors (Lipinski definition) is 9. The van der Waals surface area contributed by atoms with E-state index in [1.165, 1.54) is 39.2 Å². The Balaban J connectivity index is 0.000000138. The van der Waals surface area contributed by atoms with E-state index < -0.39 is 0 Å². The van der Waals surface area contributed by atoms with Gasteiger partial charge in [-0.25, -0.2) is 0 Å². The number of aryl methyl sites for hydroxylation is 2. The molecule has 3 aliphatic rings. The molecule has 9 nitrogen and oxygen atoms in total. The van der Waals surface area contributed by atoms with Crippen LogP contribution in [0.4, 0.5) is 17.1 Å². The maximum atomic E-state index is 5.33. The second kappa shape index (κ2) is 26.2. The molecule has 0 spiro atoms. The minimum Gasteiger partial charge on any atom is -0.497 e. The molecular weight excluding hydrogens is 1080 g/mol. The van der Waals surface area contributed by atoms with Gasteiger partial charge in [0, 0.05) is 21.5 Å². The zero-order valence-corrected chi connectivity index (χ0v) is 49.6. The Morgan fingerprint density at radius 3 is 1.00 bits per heavy atom. The van der Waals surface area contributed by atoms with Gasteiger partial charge in [0.25, 0.3) is 0 Å². The first-order valence-corrected chi connectivity index (χ1v) is 28.9. The summed E-state index contributed by atoms with van der Waals surface area (Å²) >= 11 is 3.53. The van der Waals surface area contributed by atoms with Crippen molar-refractivity contribution in [2.75, 3.05) is 36.0 Å². The monoisotopic (exact) mass is 1150 g/mol. The van der Waals surface area contributed by atoms with Crippen molar-refractivity contribution in [1.82, 2.24) is 0 Å². The number of anilines is 3. The smallest absolute Gasteiger partial charge is 0.148 e. The van der Waals surface area contributed by atoms with Crippen LogP contribution in [0.2, 0.25) is 0 Å². The summed E-state index contributed by atoms with van der Waals surface area (Å²) in [4.78, 5) is 22.6. The predicted octanol–water partition coefficient (Wildman–Crippen LogP) is 16.9. The first kappa shape index (κ1) is 56.5. The lowest BCUT2D eigenvalue weighted by Gasteiger charge is -2.30. The number of ether oxygens (including phenoxy) is 3. The van der Waals surface area contributed by atoms with Gasteiger partial charge >= 0.3 is 0 Å². The molecule has 3 aliphatic heterocycles. The maximum Gasteiger partial charge on any atom is 0.148 e. The van der Waals surface area contributed by atoms with Gasteiger partial charge in [-0.2, -0.15) is 0 Å². The van der Waals surface area contributed by atoms with E-state index in [2.05, 4.69) is 253 Å². The first-order chi connectivity index (χ1) is 40.0. The Morgan fingerprint density at radius 1 is 0.366 bits per heavy atom. The van der Waals surface area contributed by atoms with E-state index in [-0.39, 0.29) is 36.6 Å². The molecule has 6 atom stereocenters. The van der Waals surface area contributed by atoms with Gasteiger partial charge < -0.3 is 28.9 Å². The number of benzene rings is 9. The summed E-state index contributed by atoms with van der Waals surface area (Å²) < 4.78 is 17.0. The molecule has 6 unspecified atom stereocenters. The predicted molar refractivity (Wildman–Crippen MR) is 343 cm³/mol. The highest BCUT2D eigenvalue weighted by molar-refractivity contribution is 9.10. The van der Waals surface area contributed by atoms with Crippen molar-refractivity contribution in [2.24, 2.45) is 15.0 Å². The Morgan fingerprint density at radius 2 is 0.671 bits per heavy atom. The minimum absolute atomic E-state index is 0.0517. The van der Waals surface area contributed by atoms with Crippen LogP contribution >= 0.6 is 15.9 Å². The topological polar surface area (TPSA) is 74.5 Å². The standard InChI is InChI=1S/C25H26N2O.C24H24N2O.C23H21BrN2O/c1-4-19-10-12-20(13-11-19)24-18(2)27(22-8-6-5-7-9-22)25(26-24)21-14-16-23(28-3)17-15-21;1-17-9-13-21(14-10-17)26-18(2)23(19-7-5-4-6-8-19)25-24(26)20-11-15-22(27-3)16-12-20;1-16-22(17-6-4-3-5-7-17)25-23(18-8-14-21(27-2)15-9-18)26(16)20-12-10-19(24)11-13-20/h5-18,25H,4H2,1-3H3;4-16,18,24H,1-3H3;3-16,23H,1-2H3. The average Bonchev–Trinajstić information content (AvgIpc) is 4.39. The van der Waals surface area contributed by atoms with Crippen molar-refractivity contribution >= 4 is 50.1 Å². The van der Waals surface area contributed by atoms with E-state index in [1.54, 1.807) is 21.3 Å². The molecule has 0 saturated carbocycles. The summed E-state index contributed by atoms with van der Waals surface area (Å²) in [5.74, 6) is 2.58. The summed E-state index contributed by atoms with van der Waals surface area (Å²) in [6.07, 6.45) is 0.877. The van der Waals surface area contributed by atoms with E-state index in [0.717, 1.165) is 67.7 Å². The molecule has 0 amide bonds. The summed E-state index contributed by atoms with van der Waals surface area (Å²) in [6.45, 7) is 11.0. The molecule has 3 heterocycles. The normalized spacial score (nSPS) is 19.0. The molecule has 0 aliphatic carbocycles. The Bertz CT molecular complexity index is 3420. The van der Waals surface area contributed by atoms with E-state index in [0.29, 0.717) is 0 Å². The highest BCUT2D eigenvalue weighted by atomic mass is 79.9. The highest BCUT2D eigenvalue weighted by Crippen LogP contribution is 2.41. The van der Waals surface area contributed by atoms with Crippen LogP contribution in [-0.4, -0.2) is 56.6 Å². The van der Waals surface area contributed by atoms with Gasteiger partial charge in [0.05, 0.1) is 56.6 Å². The largest absolute Gasteiger partial charge is 0.497 e. The number of aliphatic imine (C=N–C) groups is 3. The second-order valence-electron chi connectivity index (χ2n) is 20.7. The number of halogens is 1. The van der Waals surface area contributed by atoms with Crippen LogP contribution in [0.1, 0.15) is 90.7 Å². The van der Waals surface area contributed by atoms with Crippen LogP contribution in [0.15, 0.2) is 256 Å². The molecule has 0 bridgehead atoms. The molecule has 12 rings (SSSR count). The van der Waals surface area contributed by atoms with Crippen LogP contribution in [0.25, 0.3) is 0 Å². The molecule has 82 heavy (non-hydrogen) atoms. The van der Waals surface area contributed by atoms with Gasteiger partial charge in [-0.3, -0.25) is 15.0 Å². The Labute approximate surface area is 493 Å². The first-order valence-electron chi connectivity index (χ1n) is 28.1. The lowest BCUT2D eigenvalue weighted by atomic mass is 10.0. The van der Waals surface area contributed by atoms with Crippen LogP contribution in [0.3, 0.4) is 0 Å². The molecule has 9 aromatic carbocycles. The fourth-order valence-electron chi connectivity index (χ4n) is 11.1. The van der Waals surface area contributed by atoms with Crippen molar-refractivity contribution < 1.29 is 14.2 Å². The van der Waals surface area contributed by atoms with Gasteiger partial charge in [-0.1, -0.05) is 180 Å². The molecule has 9 aromatic rings. The maximum absolute atomic E-state index is 5.33. The molecule has 0 saturated heterocycles. The zero-order chi connectivity index (χ0) is 57.1. The Kier molecular flexibility index (Phi) is 18.1. The fraction of sp³-hybridized carbons (Fsp3) is 0.208. The highest BCUT2D eigenvalue weighted by Gasteiger charge is 2.38. The third kappa shape index (κ3) is 12.6. The number of nitrogens with zero attached hydrogens (tertiary/aromatic N) is 6. The summed E-state index contributed by atoms with van der Waals surface area (Å²) in [5.41, 5.74) is 16.5. The molecule has 0 N–H and O–H groups in total. The zero-order valence-electron chi connectivity index (χ0n) is 48.0. The number of hydrogen-bond donors (Lipinski definition) is 0. The van der Waals surface area contributed by atoms with E-state index >= 15 is 0 Å². The van der Waals surface area contributed by atoms with Gasteiger partial charge in [0.1, 0.15) is 35.7 Å². The van der Waals surface area contributed by atoms with Crippen molar-refractivity contribution in [3.05, 3.63) is 286 Å². The average molecular weight is 1150 g/mol. The van der Waals surface area contributed by atoms with Crippen LogP contribution in [0.5, 0.6) is 17.2 Å². The molecular formula is C72H71BrN6O3. The molecule has 414 valence electrons. The molecule has 0 radical (unpaired) electrons. The van der Waals surface area contributed by atoms with Crippen molar-refractivity contribution in [1.29, 1.82) is 0 Å². The van der Waals surface area contributed by atoms with Crippen molar-refractivity contribution in [2.45, 2.75) is 77.7 Å². The van der Waals surface area contributed by atoms with Gasteiger partial charge in [0.15, 0.2) is 0 Å². The lowest BCUT2D eigenvalue weighted by molar-refractivity contribution is 0.414. The van der Waals surface area contributed by atoms with Crippen LogP contribution in [0, 0.1) is 6.92 Å². The van der Waals surface area contributed by atoms with Gasteiger partial charge in [-0.15, -0.1) is 0 Å². The van der Waals surface area contributed by atoms with Gasteiger partial charge in [0.2, 0.25) is 0 Å². The van der Waals surface area contributed by atoms with Crippen LogP contribution in [-0.2, 0) is 6.42 Å². The van der Waals surface area contributed by atoms with E-state index in [1.807, 2.05) is 48.5 Å². The quantitative estimate of drug-likeness (QED) is 0.115. The number of para-hydroxylation sites is 1. The molecule has 10 heteroatoms. The van der Waals surface area contributed by atoms with Crippen LogP contribution < -0.4 is 28.9 Å². The fourth-order valence-corrected chi connectivity index (χ4v) is 11.3. The summed E-state index contributed by atoms with van der Waals surface area (Å²) in [6, 6.07) is 82.5. The summed E-state index contributed by atoms with van der Waals surface area (Å²) in [5, 5.41) is 0. The van der Waals surface area contributed by atoms with E-state index in [4.69, 9.17) is 29.2 Å². The Hall–Kier alpha value is -8.73. The number of rotatable bonds is 13. The minimum atomic E-state index is -0.0673.